The van der Waals surface area contributed by atoms with Gasteiger partial charge >= 0.3 is 5.97 Å². The second-order valence-corrected chi connectivity index (χ2v) is 5.42. The van der Waals surface area contributed by atoms with Gasteiger partial charge in [0.2, 0.25) is 0 Å². The maximum atomic E-state index is 10.5. The number of nitrogens with one attached hydrogen (secondary N) is 1. The lowest BCUT2D eigenvalue weighted by Crippen LogP contribution is -2.08. The van der Waals surface area contributed by atoms with Gasteiger partial charge in [-0.2, -0.15) is 0 Å². The number of carboxylic acids is 1. The molecule has 0 aliphatic carbocycles. The Labute approximate surface area is 98.7 Å². The lowest BCUT2D eigenvalue weighted by atomic mass is 10.0. The Morgan fingerprint density at radius 1 is 1.69 bits per heavy atom. The van der Waals surface area contributed by atoms with Crippen LogP contribution in [0, 0.1) is 6.92 Å². The molecule has 1 aromatic heterocycles. The van der Waals surface area contributed by atoms with Gasteiger partial charge in [0.1, 0.15) is 0 Å². The fourth-order valence-corrected chi connectivity index (χ4v) is 3.07. The Bertz CT molecular complexity index is 383. The van der Waals surface area contributed by atoms with Gasteiger partial charge in [0.25, 0.3) is 0 Å². The number of carbonyl (C=O) groups is 1. The zero-order valence-electron chi connectivity index (χ0n) is 9.32. The van der Waals surface area contributed by atoms with Crippen LogP contribution in [0.5, 0.6) is 0 Å². The van der Waals surface area contributed by atoms with E-state index < -0.39 is 5.97 Å². The number of rotatable bonds is 4. The number of aliphatic carboxylic acids is 1. The minimum absolute atomic E-state index is 0.176. The SMILES string of the molecule is Cc1sc(CCC(=O)O)nc1C1CCNC1. The molecule has 0 bridgehead atoms. The second-order valence-electron chi connectivity index (χ2n) is 4.13. The van der Waals surface area contributed by atoms with Gasteiger partial charge in [0.15, 0.2) is 0 Å². The standard InChI is InChI=1S/C11H16N2O2S/c1-7-11(8-4-5-12-6-8)13-9(16-7)2-3-10(14)15/h8,12H,2-6H2,1H3,(H,14,15). The van der Waals surface area contributed by atoms with Crippen LogP contribution >= 0.6 is 11.3 Å². The third-order valence-corrected chi connectivity index (χ3v) is 3.92. The second kappa shape index (κ2) is 4.93. The molecule has 88 valence electrons. The molecule has 2 heterocycles. The largest absolute Gasteiger partial charge is 0.481 e. The van der Waals surface area contributed by atoms with Gasteiger partial charge in [0, 0.05) is 23.8 Å². The molecule has 0 radical (unpaired) electrons. The quantitative estimate of drug-likeness (QED) is 0.838. The van der Waals surface area contributed by atoms with Crippen molar-refractivity contribution in [1.82, 2.24) is 10.3 Å². The zero-order valence-corrected chi connectivity index (χ0v) is 10.1. The Morgan fingerprint density at radius 2 is 2.50 bits per heavy atom. The lowest BCUT2D eigenvalue weighted by Gasteiger charge is -2.04. The summed E-state index contributed by atoms with van der Waals surface area (Å²) in [6.45, 7) is 4.14. The Balaban J connectivity index is 2.05. The van der Waals surface area contributed by atoms with Crippen LogP contribution in [0.4, 0.5) is 0 Å². The van der Waals surface area contributed by atoms with Gasteiger partial charge in [-0.15, -0.1) is 11.3 Å². The molecule has 1 aromatic rings. The molecule has 1 fully saturated rings. The van der Waals surface area contributed by atoms with E-state index in [9.17, 15) is 4.79 Å². The average molecular weight is 240 g/mol. The van der Waals surface area contributed by atoms with Gasteiger partial charge in [-0.05, 0) is 19.9 Å². The highest BCUT2D eigenvalue weighted by Gasteiger charge is 2.21. The van der Waals surface area contributed by atoms with Crippen LogP contribution in [-0.2, 0) is 11.2 Å². The van der Waals surface area contributed by atoms with Crippen LogP contribution in [0.3, 0.4) is 0 Å². The highest BCUT2D eigenvalue weighted by molar-refractivity contribution is 7.11. The first-order chi connectivity index (χ1) is 7.66. The van der Waals surface area contributed by atoms with Crippen molar-refractivity contribution in [2.45, 2.75) is 32.1 Å². The molecule has 2 N–H and O–H groups in total. The first kappa shape index (κ1) is 11.5. The topological polar surface area (TPSA) is 62.2 Å². The number of carboxylic acid groups (broad SMARTS) is 1. The molecule has 5 heteroatoms. The van der Waals surface area contributed by atoms with Gasteiger partial charge in [-0.3, -0.25) is 4.79 Å². The summed E-state index contributed by atoms with van der Waals surface area (Å²) in [5, 5.41) is 12.9. The Morgan fingerprint density at radius 3 is 3.12 bits per heavy atom. The highest BCUT2D eigenvalue weighted by atomic mass is 32.1. The summed E-state index contributed by atoms with van der Waals surface area (Å²) in [6.07, 6.45) is 1.87. The van der Waals surface area contributed by atoms with Crippen LogP contribution < -0.4 is 5.32 Å². The van der Waals surface area contributed by atoms with Crippen molar-refractivity contribution in [2.24, 2.45) is 0 Å². The molecular weight excluding hydrogens is 224 g/mol. The molecule has 0 amide bonds. The average Bonchev–Trinajstić information content (AvgIpc) is 2.83. The van der Waals surface area contributed by atoms with E-state index in [-0.39, 0.29) is 6.42 Å². The fourth-order valence-electron chi connectivity index (χ4n) is 2.05. The smallest absolute Gasteiger partial charge is 0.303 e. The summed E-state index contributed by atoms with van der Waals surface area (Å²) >= 11 is 1.64. The molecule has 1 aliphatic rings. The number of nitrogens with zero attached hydrogens (tertiary/aromatic N) is 1. The molecule has 1 saturated heterocycles. The van der Waals surface area contributed by atoms with Crippen LogP contribution in [0.2, 0.25) is 0 Å². The number of thiazole rings is 1. The molecule has 0 spiro atoms. The normalized spacial score (nSPS) is 20.2. The van der Waals surface area contributed by atoms with E-state index in [2.05, 4.69) is 17.2 Å². The number of hydrogen-bond donors (Lipinski definition) is 2. The molecule has 1 aliphatic heterocycles. The highest BCUT2D eigenvalue weighted by Crippen LogP contribution is 2.28. The molecule has 4 nitrogen and oxygen atoms in total. The number of aryl methyl sites for hydroxylation is 2. The monoisotopic (exact) mass is 240 g/mol. The maximum absolute atomic E-state index is 10.5. The predicted octanol–water partition coefficient (Wildman–Crippen LogP) is 1.55. The predicted molar refractivity (Wildman–Crippen MR) is 63.0 cm³/mol. The third-order valence-electron chi connectivity index (χ3n) is 2.88. The van der Waals surface area contributed by atoms with Gasteiger partial charge in [-0.1, -0.05) is 0 Å². The van der Waals surface area contributed by atoms with E-state index in [0.29, 0.717) is 12.3 Å². The molecule has 1 atom stereocenters. The summed E-state index contributed by atoms with van der Waals surface area (Å²) in [5.41, 5.74) is 1.18. The van der Waals surface area contributed by atoms with Crippen molar-refractivity contribution in [3.63, 3.8) is 0 Å². The minimum Gasteiger partial charge on any atom is -0.481 e. The molecule has 1 unspecified atom stereocenters. The lowest BCUT2D eigenvalue weighted by molar-refractivity contribution is -0.136. The van der Waals surface area contributed by atoms with Crippen LogP contribution in [-0.4, -0.2) is 29.1 Å². The van der Waals surface area contributed by atoms with Crippen molar-refractivity contribution in [2.75, 3.05) is 13.1 Å². The van der Waals surface area contributed by atoms with E-state index in [4.69, 9.17) is 5.11 Å². The third kappa shape index (κ3) is 2.59. The van der Waals surface area contributed by atoms with E-state index >= 15 is 0 Å². The summed E-state index contributed by atoms with van der Waals surface area (Å²) in [6, 6.07) is 0. The summed E-state index contributed by atoms with van der Waals surface area (Å²) in [4.78, 5) is 16.3. The fraction of sp³-hybridized carbons (Fsp3) is 0.636. The maximum Gasteiger partial charge on any atom is 0.303 e. The van der Waals surface area contributed by atoms with Gasteiger partial charge < -0.3 is 10.4 Å². The van der Waals surface area contributed by atoms with E-state index in [1.54, 1.807) is 11.3 Å². The summed E-state index contributed by atoms with van der Waals surface area (Å²) in [7, 11) is 0. The number of hydrogen-bond acceptors (Lipinski definition) is 4. The molecule has 16 heavy (non-hydrogen) atoms. The first-order valence-corrected chi connectivity index (χ1v) is 6.37. The van der Waals surface area contributed by atoms with E-state index in [1.165, 1.54) is 10.6 Å². The molecular formula is C11H16N2O2S. The first-order valence-electron chi connectivity index (χ1n) is 5.55. The van der Waals surface area contributed by atoms with Gasteiger partial charge in [-0.25, -0.2) is 4.98 Å². The van der Waals surface area contributed by atoms with Crippen molar-refractivity contribution in [3.8, 4) is 0 Å². The minimum atomic E-state index is -0.753. The Kier molecular flexibility index (Phi) is 3.56. The van der Waals surface area contributed by atoms with E-state index in [0.717, 1.165) is 24.5 Å². The summed E-state index contributed by atoms with van der Waals surface area (Å²) < 4.78 is 0. The Hall–Kier alpha value is -0.940. The van der Waals surface area contributed by atoms with Crippen molar-refractivity contribution in [1.29, 1.82) is 0 Å². The molecule has 0 aromatic carbocycles. The van der Waals surface area contributed by atoms with Crippen LogP contribution in [0.25, 0.3) is 0 Å². The van der Waals surface area contributed by atoms with Crippen LogP contribution in [0.15, 0.2) is 0 Å². The molecule has 0 saturated carbocycles. The zero-order chi connectivity index (χ0) is 11.5. The van der Waals surface area contributed by atoms with Crippen molar-refractivity contribution < 1.29 is 9.90 Å². The van der Waals surface area contributed by atoms with Crippen molar-refractivity contribution >= 4 is 17.3 Å². The van der Waals surface area contributed by atoms with Crippen LogP contribution in [0.1, 0.15) is 34.3 Å². The molecule has 2 rings (SSSR count). The summed E-state index contributed by atoms with van der Waals surface area (Å²) in [5.74, 6) is -0.230. The van der Waals surface area contributed by atoms with Crippen molar-refractivity contribution in [3.05, 3.63) is 15.6 Å². The van der Waals surface area contributed by atoms with E-state index in [1.807, 2.05) is 0 Å². The van der Waals surface area contributed by atoms with Gasteiger partial charge in [0.05, 0.1) is 17.1 Å². The number of aromatic nitrogens is 1.